The van der Waals surface area contributed by atoms with Crippen LogP contribution >= 0.6 is 11.3 Å². The molecule has 4 aromatic rings. The summed E-state index contributed by atoms with van der Waals surface area (Å²) < 4.78 is 0. The molecule has 0 aliphatic rings. The molecule has 130 valence electrons. The Bertz CT molecular complexity index is 1050. The maximum Gasteiger partial charge on any atom is 0.142 e. The zero-order valence-corrected chi connectivity index (χ0v) is 16.0. The topological polar surface area (TPSA) is 37.8 Å². The SMILES string of the molecule is Cc1cc(C)cc(Nc2nc(Cc3ccccc3)nc3sc(C)cc23)c1. The Labute approximate surface area is 157 Å². The lowest BCUT2D eigenvalue weighted by molar-refractivity contribution is 0.999. The number of hydrogen-bond acceptors (Lipinski definition) is 4. The van der Waals surface area contributed by atoms with Crippen LogP contribution in [-0.4, -0.2) is 9.97 Å². The van der Waals surface area contributed by atoms with Crippen LogP contribution in [-0.2, 0) is 6.42 Å². The van der Waals surface area contributed by atoms with Gasteiger partial charge in [-0.15, -0.1) is 11.3 Å². The number of rotatable bonds is 4. The van der Waals surface area contributed by atoms with Crippen LogP contribution in [0.3, 0.4) is 0 Å². The van der Waals surface area contributed by atoms with Gasteiger partial charge < -0.3 is 5.32 Å². The fraction of sp³-hybridized carbons (Fsp3) is 0.182. The first-order valence-corrected chi connectivity index (χ1v) is 9.55. The first-order valence-electron chi connectivity index (χ1n) is 8.73. The third-order valence-electron chi connectivity index (χ3n) is 4.25. The van der Waals surface area contributed by atoms with Crippen molar-refractivity contribution in [3.05, 3.63) is 82.0 Å². The Kier molecular flexibility index (Phi) is 4.43. The Balaban J connectivity index is 1.76. The number of fused-ring (bicyclic) bond motifs is 1. The Morgan fingerprint density at radius 1 is 0.885 bits per heavy atom. The van der Waals surface area contributed by atoms with Crippen LogP contribution in [0, 0.1) is 20.8 Å². The van der Waals surface area contributed by atoms with E-state index in [2.05, 4.69) is 74.6 Å². The lowest BCUT2D eigenvalue weighted by Gasteiger charge is -2.11. The van der Waals surface area contributed by atoms with Gasteiger partial charge >= 0.3 is 0 Å². The van der Waals surface area contributed by atoms with E-state index in [0.29, 0.717) is 0 Å². The van der Waals surface area contributed by atoms with Crippen LogP contribution in [0.4, 0.5) is 11.5 Å². The van der Waals surface area contributed by atoms with Gasteiger partial charge in [-0.2, -0.15) is 0 Å². The van der Waals surface area contributed by atoms with E-state index in [-0.39, 0.29) is 0 Å². The van der Waals surface area contributed by atoms with Gasteiger partial charge in [0.2, 0.25) is 0 Å². The van der Waals surface area contributed by atoms with E-state index < -0.39 is 0 Å². The maximum atomic E-state index is 4.85. The minimum Gasteiger partial charge on any atom is -0.340 e. The predicted octanol–water partition coefficient (Wildman–Crippen LogP) is 5.95. The fourth-order valence-electron chi connectivity index (χ4n) is 3.22. The van der Waals surface area contributed by atoms with Crippen molar-refractivity contribution in [2.24, 2.45) is 0 Å². The number of aromatic nitrogens is 2. The highest BCUT2D eigenvalue weighted by Gasteiger charge is 2.12. The van der Waals surface area contributed by atoms with E-state index >= 15 is 0 Å². The summed E-state index contributed by atoms with van der Waals surface area (Å²) in [7, 11) is 0. The zero-order valence-electron chi connectivity index (χ0n) is 15.2. The number of nitrogens with one attached hydrogen (secondary N) is 1. The normalized spacial score (nSPS) is 11.0. The van der Waals surface area contributed by atoms with E-state index in [0.717, 1.165) is 34.0 Å². The summed E-state index contributed by atoms with van der Waals surface area (Å²) in [6, 6.07) is 19.0. The van der Waals surface area contributed by atoms with Crippen molar-refractivity contribution in [2.75, 3.05) is 5.32 Å². The van der Waals surface area contributed by atoms with Crippen molar-refractivity contribution in [1.29, 1.82) is 0 Å². The molecule has 3 nitrogen and oxygen atoms in total. The van der Waals surface area contributed by atoms with Gasteiger partial charge in [0.1, 0.15) is 16.5 Å². The third kappa shape index (κ3) is 3.60. The number of anilines is 2. The molecule has 4 heteroatoms. The molecule has 0 aliphatic heterocycles. The average Bonchev–Trinajstić information content (AvgIpc) is 2.95. The van der Waals surface area contributed by atoms with Crippen LogP contribution in [0.25, 0.3) is 10.2 Å². The average molecular weight is 359 g/mol. The van der Waals surface area contributed by atoms with Crippen molar-refractivity contribution in [3.8, 4) is 0 Å². The lowest BCUT2D eigenvalue weighted by Crippen LogP contribution is -2.02. The molecule has 0 amide bonds. The molecule has 0 saturated carbocycles. The number of aryl methyl sites for hydroxylation is 3. The minimum atomic E-state index is 0.731. The fourth-order valence-corrected chi connectivity index (χ4v) is 4.12. The molecule has 0 fully saturated rings. The summed E-state index contributed by atoms with van der Waals surface area (Å²) >= 11 is 1.72. The Hall–Kier alpha value is -2.72. The van der Waals surface area contributed by atoms with E-state index in [1.807, 2.05) is 6.07 Å². The quantitative estimate of drug-likeness (QED) is 0.489. The van der Waals surface area contributed by atoms with E-state index in [1.54, 1.807) is 11.3 Å². The van der Waals surface area contributed by atoms with Crippen molar-refractivity contribution >= 4 is 33.1 Å². The molecule has 4 rings (SSSR count). The lowest BCUT2D eigenvalue weighted by atomic mass is 10.1. The first kappa shape index (κ1) is 16.7. The van der Waals surface area contributed by atoms with Gasteiger partial charge in [0, 0.05) is 17.0 Å². The highest BCUT2D eigenvalue weighted by molar-refractivity contribution is 7.18. The van der Waals surface area contributed by atoms with Crippen molar-refractivity contribution < 1.29 is 0 Å². The first-order chi connectivity index (χ1) is 12.6. The van der Waals surface area contributed by atoms with Gasteiger partial charge in [-0.1, -0.05) is 36.4 Å². The van der Waals surface area contributed by atoms with Crippen molar-refractivity contribution in [2.45, 2.75) is 27.2 Å². The van der Waals surface area contributed by atoms with Gasteiger partial charge in [-0.25, -0.2) is 9.97 Å². The second-order valence-electron chi connectivity index (χ2n) is 6.73. The molecule has 0 radical (unpaired) electrons. The van der Waals surface area contributed by atoms with Crippen LogP contribution in [0.5, 0.6) is 0 Å². The molecule has 0 spiro atoms. The summed E-state index contributed by atoms with van der Waals surface area (Å²) in [6.07, 6.45) is 0.731. The summed E-state index contributed by atoms with van der Waals surface area (Å²) in [6.45, 7) is 6.34. The molecule has 0 unspecified atom stereocenters. The van der Waals surface area contributed by atoms with Crippen molar-refractivity contribution in [1.82, 2.24) is 9.97 Å². The van der Waals surface area contributed by atoms with Crippen LogP contribution in [0.2, 0.25) is 0 Å². The summed E-state index contributed by atoms with van der Waals surface area (Å²) in [5, 5.41) is 4.61. The van der Waals surface area contributed by atoms with Crippen molar-refractivity contribution in [3.63, 3.8) is 0 Å². The second-order valence-corrected chi connectivity index (χ2v) is 7.96. The summed E-state index contributed by atoms with van der Waals surface area (Å²) in [4.78, 5) is 11.9. The number of benzene rings is 2. The molecule has 0 atom stereocenters. The monoisotopic (exact) mass is 359 g/mol. The minimum absolute atomic E-state index is 0.731. The summed E-state index contributed by atoms with van der Waals surface area (Å²) in [5.41, 5.74) is 4.77. The predicted molar refractivity (Wildman–Crippen MR) is 111 cm³/mol. The van der Waals surface area contributed by atoms with E-state index in [9.17, 15) is 0 Å². The maximum absolute atomic E-state index is 4.85. The molecule has 0 saturated heterocycles. The van der Waals surface area contributed by atoms with Gasteiger partial charge in [-0.05, 0) is 55.7 Å². The standard InChI is InChI=1S/C22H21N3S/c1-14-9-15(2)11-18(10-14)23-21-19-12-16(3)26-22(19)25-20(24-21)13-17-7-5-4-6-8-17/h4-12H,13H2,1-3H3,(H,23,24,25). The highest BCUT2D eigenvalue weighted by Crippen LogP contribution is 2.31. The molecular formula is C22H21N3S. The molecular weight excluding hydrogens is 338 g/mol. The molecule has 0 aliphatic carbocycles. The summed E-state index contributed by atoms with van der Waals surface area (Å²) in [5.74, 6) is 1.73. The second kappa shape index (κ2) is 6.89. The zero-order chi connectivity index (χ0) is 18.1. The van der Waals surface area contributed by atoms with Crippen LogP contribution in [0.1, 0.15) is 27.4 Å². The number of thiophene rings is 1. The van der Waals surface area contributed by atoms with E-state index in [1.165, 1.54) is 21.6 Å². The molecule has 1 N–H and O–H groups in total. The molecule has 2 heterocycles. The van der Waals surface area contributed by atoms with Gasteiger partial charge in [0.05, 0.1) is 5.39 Å². The van der Waals surface area contributed by atoms with Gasteiger partial charge in [-0.3, -0.25) is 0 Å². The molecule has 26 heavy (non-hydrogen) atoms. The Morgan fingerprint density at radius 2 is 1.62 bits per heavy atom. The Morgan fingerprint density at radius 3 is 2.35 bits per heavy atom. The molecule has 0 bridgehead atoms. The molecule has 2 aromatic heterocycles. The largest absolute Gasteiger partial charge is 0.340 e. The van der Waals surface area contributed by atoms with Gasteiger partial charge in [0.15, 0.2) is 0 Å². The number of nitrogens with zero attached hydrogens (tertiary/aromatic N) is 2. The smallest absolute Gasteiger partial charge is 0.142 e. The van der Waals surface area contributed by atoms with Crippen LogP contribution in [0.15, 0.2) is 54.6 Å². The number of hydrogen-bond donors (Lipinski definition) is 1. The van der Waals surface area contributed by atoms with Crippen LogP contribution < -0.4 is 5.32 Å². The van der Waals surface area contributed by atoms with E-state index in [4.69, 9.17) is 9.97 Å². The third-order valence-corrected chi connectivity index (χ3v) is 5.20. The van der Waals surface area contributed by atoms with Gasteiger partial charge in [0.25, 0.3) is 0 Å². The molecule has 2 aromatic carbocycles. The highest BCUT2D eigenvalue weighted by atomic mass is 32.1.